The maximum absolute atomic E-state index is 13.5. The minimum Gasteiger partial charge on any atom is -0.477 e. The zero-order valence-electron chi connectivity index (χ0n) is 22.0. The summed E-state index contributed by atoms with van der Waals surface area (Å²) in [6.07, 6.45) is 1.77. The first-order valence-electron chi connectivity index (χ1n) is 12.2. The van der Waals surface area contributed by atoms with Crippen molar-refractivity contribution in [2.75, 3.05) is 23.5 Å². The number of nitrogens with zero attached hydrogens (tertiary/aromatic N) is 7. The molecule has 3 aliphatic rings. The molecular formula is C23H23N9O6S4. The highest BCUT2D eigenvalue weighted by molar-refractivity contribution is 8.38. The molecule has 0 bridgehead atoms. The predicted octanol–water partition coefficient (Wildman–Crippen LogP) is 0.701. The summed E-state index contributed by atoms with van der Waals surface area (Å²) in [6.45, 7) is 0. The number of benzene rings is 1. The van der Waals surface area contributed by atoms with Crippen LogP contribution in [-0.2, 0) is 26.2 Å². The summed E-state index contributed by atoms with van der Waals surface area (Å²) in [5.74, 6) is -2.49. The summed E-state index contributed by atoms with van der Waals surface area (Å²) < 4.78 is 1.98. The Labute approximate surface area is 255 Å². The van der Waals surface area contributed by atoms with Gasteiger partial charge in [0.05, 0.1) is 5.75 Å². The predicted molar refractivity (Wildman–Crippen MR) is 157 cm³/mol. The van der Waals surface area contributed by atoms with Gasteiger partial charge in [-0.3, -0.25) is 19.3 Å². The van der Waals surface area contributed by atoms with Crippen LogP contribution in [-0.4, -0.2) is 104 Å². The van der Waals surface area contributed by atoms with Crippen LogP contribution in [0.1, 0.15) is 11.6 Å². The van der Waals surface area contributed by atoms with E-state index in [1.807, 2.05) is 0 Å². The molecule has 0 saturated carbocycles. The molecule has 42 heavy (non-hydrogen) atoms. The number of carbonyl (C=O) groups is 5. The van der Waals surface area contributed by atoms with Crippen LogP contribution < -0.4 is 10.6 Å². The minimum atomic E-state index is -1.26. The highest BCUT2D eigenvalue weighted by atomic mass is 32.2. The van der Waals surface area contributed by atoms with Crippen LogP contribution in [0.15, 0.2) is 51.9 Å². The number of amides is 5. The number of aromatic nitrogens is 4. The van der Waals surface area contributed by atoms with Crippen LogP contribution in [0.5, 0.6) is 0 Å². The van der Waals surface area contributed by atoms with Crippen LogP contribution >= 0.6 is 47.0 Å². The lowest BCUT2D eigenvalue weighted by atomic mass is 10.0. The van der Waals surface area contributed by atoms with Crippen molar-refractivity contribution in [1.82, 2.24) is 40.7 Å². The van der Waals surface area contributed by atoms with Crippen molar-refractivity contribution in [1.29, 1.82) is 0 Å². The molecule has 2 aromatic rings. The number of carbonyl (C=O) groups excluding carboxylic acids is 4. The van der Waals surface area contributed by atoms with E-state index < -0.39 is 47.2 Å². The number of carboxylic acids is 1. The van der Waals surface area contributed by atoms with Gasteiger partial charge in [-0.25, -0.2) is 14.3 Å². The Kier molecular flexibility index (Phi) is 9.09. The first-order valence-corrected chi connectivity index (χ1v) is 16.4. The molecule has 2 unspecified atom stereocenters. The van der Waals surface area contributed by atoms with E-state index in [0.29, 0.717) is 31.4 Å². The highest BCUT2D eigenvalue weighted by Gasteiger charge is 2.54. The maximum Gasteiger partial charge on any atom is 0.352 e. The van der Waals surface area contributed by atoms with Crippen molar-refractivity contribution in [2.45, 2.75) is 22.6 Å². The number of carboxylic acid groups (broad SMARTS) is 1. The Morgan fingerprint density at radius 3 is 2.62 bits per heavy atom. The second kappa shape index (κ2) is 12.8. The van der Waals surface area contributed by atoms with Crippen LogP contribution in [0.4, 0.5) is 4.79 Å². The number of imide groups is 1. The van der Waals surface area contributed by atoms with E-state index in [4.69, 9.17) is 0 Å². The van der Waals surface area contributed by atoms with Gasteiger partial charge >= 0.3 is 12.0 Å². The standard InChI is InChI=1S/C23H23N9O6S4/c1-30-22(26-28-29-30)41-9-12-8-40-19-15(18(35)31(19)16(12)20(36)37)24-17(34)14(11-6-4-3-5-7-11)25-21(38)32-13(33)10-42-23(27-32)39-2/h3-7,14-15,19H,8-10H2,1-2H3,(H,24,34)(H,25,38)(H,36,37)/t14?,15?,19-/m0/s1. The molecule has 3 aliphatic heterocycles. The van der Waals surface area contributed by atoms with Gasteiger partial charge in [0.2, 0.25) is 11.1 Å². The Hall–Kier alpha value is -3.55. The van der Waals surface area contributed by atoms with E-state index in [0.717, 1.165) is 0 Å². The second-order valence-electron chi connectivity index (χ2n) is 8.88. The number of aliphatic carboxylic acids is 1. The van der Waals surface area contributed by atoms with Gasteiger partial charge in [-0.2, -0.15) is 0 Å². The average Bonchev–Trinajstić information content (AvgIpc) is 3.41. The molecule has 15 nitrogen and oxygen atoms in total. The lowest BCUT2D eigenvalue weighted by molar-refractivity contribution is -0.151. The molecule has 220 valence electrons. The molecule has 0 aliphatic carbocycles. The molecule has 0 spiro atoms. The Morgan fingerprint density at radius 2 is 1.95 bits per heavy atom. The summed E-state index contributed by atoms with van der Waals surface area (Å²) in [6, 6.07) is 5.19. The van der Waals surface area contributed by atoms with E-state index in [1.165, 1.54) is 56.6 Å². The molecule has 3 N–H and O–H groups in total. The van der Waals surface area contributed by atoms with Gasteiger partial charge in [-0.1, -0.05) is 53.9 Å². The minimum absolute atomic E-state index is 0.0238. The fourth-order valence-electron chi connectivity index (χ4n) is 4.27. The van der Waals surface area contributed by atoms with Crippen LogP contribution in [0, 0.1) is 0 Å². The lowest BCUT2D eigenvalue weighted by Gasteiger charge is -2.49. The van der Waals surface area contributed by atoms with Crippen LogP contribution in [0.2, 0.25) is 0 Å². The largest absolute Gasteiger partial charge is 0.477 e. The number of tetrazole rings is 1. The quantitative estimate of drug-likeness (QED) is 0.268. The van der Waals surface area contributed by atoms with Crippen molar-refractivity contribution in [3.8, 4) is 0 Å². The molecule has 1 aromatic heterocycles. The van der Waals surface area contributed by atoms with Gasteiger partial charge in [0, 0.05) is 18.6 Å². The summed E-state index contributed by atoms with van der Waals surface area (Å²) in [5.41, 5.74) is 0.812. The fraction of sp³-hybridized carbons (Fsp3) is 0.348. The van der Waals surface area contributed by atoms with E-state index in [2.05, 4.69) is 31.3 Å². The molecule has 19 heteroatoms. The van der Waals surface area contributed by atoms with E-state index >= 15 is 0 Å². The molecule has 3 atom stereocenters. The van der Waals surface area contributed by atoms with Gasteiger partial charge in [0.1, 0.15) is 23.2 Å². The maximum atomic E-state index is 13.5. The topological polar surface area (TPSA) is 192 Å². The molecule has 0 radical (unpaired) electrons. The first kappa shape index (κ1) is 29.9. The Balaban J connectivity index is 1.32. The SMILES string of the molecule is CSC1=NN(C(=O)NC(C(=O)NC2C(=O)N3C(C(=O)O)=C(CSc4nnnn4C)CS[C@@H]23)c2ccccc2)C(=O)CS1. The van der Waals surface area contributed by atoms with Crippen molar-refractivity contribution >= 4 is 81.1 Å². The molecule has 4 heterocycles. The molecular weight excluding hydrogens is 627 g/mol. The average molecular weight is 650 g/mol. The lowest BCUT2D eigenvalue weighted by Crippen LogP contribution is -2.71. The third-order valence-corrected chi connectivity index (χ3v) is 10.7. The number of rotatable bonds is 8. The third kappa shape index (κ3) is 5.99. The number of nitrogens with one attached hydrogen (secondary N) is 2. The van der Waals surface area contributed by atoms with Crippen molar-refractivity contribution in [3.05, 3.63) is 47.2 Å². The van der Waals surface area contributed by atoms with E-state index in [1.54, 1.807) is 43.6 Å². The first-order chi connectivity index (χ1) is 20.2. The molecule has 1 fully saturated rings. The molecule has 5 amide bonds. The van der Waals surface area contributed by atoms with Gasteiger partial charge in [0.25, 0.3) is 11.8 Å². The zero-order chi connectivity index (χ0) is 30.0. The fourth-order valence-corrected chi connectivity index (χ4v) is 7.92. The van der Waals surface area contributed by atoms with E-state index in [-0.39, 0.29) is 17.2 Å². The summed E-state index contributed by atoms with van der Waals surface area (Å²) in [4.78, 5) is 65.5. The summed E-state index contributed by atoms with van der Waals surface area (Å²) >= 11 is 5.06. The normalized spacial score (nSPS) is 20.9. The molecule has 1 saturated heterocycles. The summed E-state index contributed by atoms with van der Waals surface area (Å²) in [7, 11) is 1.66. The zero-order valence-corrected chi connectivity index (χ0v) is 25.3. The van der Waals surface area contributed by atoms with Gasteiger partial charge in [-0.15, -0.1) is 38.7 Å². The number of β-lactam (4-membered cyclic amide) rings is 1. The van der Waals surface area contributed by atoms with Gasteiger partial charge in [-0.05, 0) is 27.8 Å². The third-order valence-electron chi connectivity index (χ3n) is 6.27. The van der Waals surface area contributed by atoms with Crippen LogP contribution in [0.3, 0.4) is 0 Å². The molecule has 1 aromatic carbocycles. The number of hydrogen-bond donors (Lipinski definition) is 3. The van der Waals surface area contributed by atoms with Gasteiger partial charge < -0.3 is 15.7 Å². The smallest absolute Gasteiger partial charge is 0.352 e. The Bertz CT molecular complexity index is 1500. The molecule has 5 rings (SSSR count). The van der Waals surface area contributed by atoms with Crippen molar-refractivity contribution in [3.63, 3.8) is 0 Å². The Morgan fingerprint density at radius 1 is 1.19 bits per heavy atom. The van der Waals surface area contributed by atoms with Crippen LogP contribution in [0.25, 0.3) is 0 Å². The number of aryl methyl sites for hydroxylation is 1. The summed E-state index contributed by atoms with van der Waals surface area (Å²) in [5, 5.41) is 31.0. The highest BCUT2D eigenvalue weighted by Crippen LogP contribution is 2.41. The van der Waals surface area contributed by atoms with Crippen molar-refractivity contribution < 1.29 is 29.1 Å². The number of thioether (sulfide) groups is 4. The van der Waals surface area contributed by atoms with Crippen molar-refractivity contribution in [2.24, 2.45) is 12.1 Å². The number of hydrogen-bond acceptors (Lipinski definition) is 13. The second-order valence-corrected chi connectivity index (χ2v) is 12.9. The number of fused-ring (bicyclic) bond motifs is 1. The number of hydrazone groups is 1. The van der Waals surface area contributed by atoms with E-state index in [9.17, 15) is 29.1 Å². The monoisotopic (exact) mass is 649 g/mol. The van der Waals surface area contributed by atoms with Gasteiger partial charge in [0.15, 0.2) is 4.38 Å². The number of urea groups is 1.